The number of hydrogen-bond donors (Lipinski definition) is 0. The van der Waals surface area contributed by atoms with E-state index in [-0.39, 0.29) is 22.4 Å². The summed E-state index contributed by atoms with van der Waals surface area (Å²) in [6, 6.07) is 0. The van der Waals surface area contributed by atoms with Crippen LogP contribution in [0.5, 0.6) is 0 Å². The van der Waals surface area contributed by atoms with E-state index in [0.717, 1.165) is 57.4 Å². The summed E-state index contributed by atoms with van der Waals surface area (Å²) < 4.78 is 0. The van der Waals surface area contributed by atoms with Crippen molar-refractivity contribution in [3.63, 3.8) is 0 Å². The smallest absolute Gasteiger partial charge is 0.158 e. The van der Waals surface area contributed by atoms with Crippen molar-refractivity contribution in [2.45, 2.75) is 94.9 Å². The molecule has 0 radical (unpaired) electrons. The second kappa shape index (κ2) is 15.6. The van der Waals surface area contributed by atoms with Gasteiger partial charge in [0.15, 0.2) is 11.6 Å². The number of Topliss-reactive ketones (excluding diaryl/α,β-unsaturated/α-hetero) is 2. The average Bonchev–Trinajstić information content (AvgIpc) is 2.91. The van der Waals surface area contributed by atoms with E-state index in [0.29, 0.717) is 12.8 Å². The minimum atomic E-state index is 0.0404. The van der Waals surface area contributed by atoms with E-state index in [4.69, 9.17) is 0 Å². The lowest BCUT2D eigenvalue weighted by Gasteiger charge is -2.32. The van der Waals surface area contributed by atoms with Crippen molar-refractivity contribution in [1.29, 1.82) is 0 Å². The fourth-order valence-corrected chi connectivity index (χ4v) is 5.28. The third-order valence-corrected chi connectivity index (χ3v) is 8.35. The molecule has 0 aromatic heterocycles. The molecule has 0 heterocycles. The Morgan fingerprint density at radius 2 is 0.833 bits per heavy atom. The molecule has 0 aromatic rings. The van der Waals surface area contributed by atoms with Crippen LogP contribution in [0.1, 0.15) is 94.9 Å². The number of ketones is 2. The molecule has 0 aliphatic heterocycles. The van der Waals surface area contributed by atoms with Crippen LogP contribution < -0.4 is 0 Å². The lowest BCUT2D eigenvalue weighted by atomic mass is 9.72. The van der Waals surface area contributed by atoms with Gasteiger partial charge < -0.3 is 0 Å². The molecule has 0 unspecified atom stereocenters. The van der Waals surface area contributed by atoms with Crippen LogP contribution in [-0.2, 0) is 9.59 Å². The standard InChI is InChI=1S/C40H52O2/c1-29(17-13-19-31(3)21-23-35-33(5)37(41)25-27-39(35,7)8)15-11-12-16-30(2)18-14-20-32(4)22-24-36-34(6)38(42)26-28-40(36,9)10/h11-24H,25-28H2,1-10H3/b12-11-,17-13-,18-14-,23-21-,24-22-,29-15-,30-16+,31-19-,32-20+. The first-order valence-corrected chi connectivity index (χ1v) is 15.2. The van der Waals surface area contributed by atoms with Crippen molar-refractivity contribution in [1.82, 2.24) is 0 Å². The van der Waals surface area contributed by atoms with Gasteiger partial charge in [-0.3, -0.25) is 9.59 Å². The van der Waals surface area contributed by atoms with Gasteiger partial charge in [0, 0.05) is 12.8 Å². The third kappa shape index (κ3) is 10.7. The molecule has 0 atom stereocenters. The van der Waals surface area contributed by atoms with Crippen LogP contribution in [0.25, 0.3) is 0 Å². The molecule has 0 spiro atoms. The number of carbonyl (C=O) groups excluding carboxylic acids is 2. The summed E-state index contributed by atoms with van der Waals surface area (Å²) in [4.78, 5) is 24.3. The van der Waals surface area contributed by atoms with Crippen molar-refractivity contribution in [3.05, 3.63) is 130 Å². The lowest BCUT2D eigenvalue weighted by Crippen LogP contribution is -2.24. The second-order valence-electron chi connectivity index (χ2n) is 13.1. The van der Waals surface area contributed by atoms with Crippen LogP contribution in [0.3, 0.4) is 0 Å². The van der Waals surface area contributed by atoms with E-state index in [9.17, 15) is 9.59 Å². The Morgan fingerprint density at radius 3 is 1.19 bits per heavy atom. The molecule has 0 fully saturated rings. The number of rotatable bonds is 10. The molecular weight excluding hydrogens is 512 g/mol. The molecule has 0 N–H and O–H groups in total. The highest BCUT2D eigenvalue weighted by molar-refractivity contribution is 5.97. The fraction of sp³-hybridized carbons (Fsp3) is 0.400. The Balaban J connectivity index is 1.93. The topological polar surface area (TPSA) is 34.1 Å². The SMILES string of the molecule is CC1=C(\C=C/C(C)=C\C=C/C(C)=C\C=C/C=C(C)/C=C\C=C(C)\C=C/C2=C(C)C(=O)CCC2(C)C)C(C)(C)CCC1=O. The molecule has 0 bridgehead atoms. The Bertz CT molecular complexity index is 1270. The van der Waals surface area contributed by atoms with E-state index in [2.05, 4.69) is 140 Å². The van der Waals surface area contributed by atoms with Gasteiger partial charge in [0.2, 0.25) is 0 Å². The van der Waals surface area contributed by atoms with Crippen molar-refractivity contribution in [3.8, 4) is 0 Å². The quantitative estimate of drug-likeness (QED) is 0.247. The zero-order valence-corrected chi connectivity index (χ0v) is 27.7. The molecule has 0 amide bonds. The van der Waals surface area contributed by atoms with Crippen molar-refractivity contribution in [2.75, 3.05) is 0 Å². The third-order valence-electron chi connectivity index (χ3n) is 8.35. The molecule has 2 aliphatic rings. The summed E-state index contributed by atoms with van der Waals surface area (Å²) in [5, 5.41) is 0. The summed E-state index contributed by atoms with van der Waals surface area (Å²) in [5.74, 6) is 0.542. The first-order chi connectivity index (χ1) is 19.6. The number of hydrogen-bond acceptors (Lipinski definition) is 2. The molecule has 224 valence electrons. The Labute approximate surface area is 256 Å². The maximum Gasteiger partial charge on any atom is 0.158 e. The van der Waals surface area contributed by atoms with Gasteiger partial charge in [-0.05, 0) is 87.5 Å². The molecular formula is C40H52O2. The molecule has 2 aliphatic carbocycles. The summed E-state index contributed by atoms with van der Waals surface area (Å²) in [6.07, 6.45) is 32.4. The van der Waals surface area contributed by atoms with Crippen LogP contribution in [0.2, 0.25) is 0 Å². The molecule has 42 heavy (non-hydrogen) atoms. The summed E-state index contributed by atoms with van der Waals surface area (Å²) in [6.45, 7) is 21.1. The van der Waals surface area contributed by atoms with Gasteiger partial charge in [-0.2, -0.15) is 0 Å². The first kappa shape index (κ1) is 34.7. The number of allylic oxidation sites excluding steroid dienone is 22. The monoisotopic (exact) mass is 564 g/mol. The number of carbonyl (C=O) groups is 2. The van der Waals surface area contributed by atoms with Gasteiger partial charge in [-0.1, -0.05) is 135 Å². The van der Waals surface area contributed by atoms with E-state index in [1.165, 1.54) is 0 Å². The zero-order valence-electron chi connectivity index (χ0n) is 27.7. The van der Waals surface area contributed by atoms with Crippen molar-refractivity contribution >= 4 is 11.6 Å². The van der Waals surface area contributed by atoms with E-state index >= 15 is 0 Å². The van der Waals surface area contributed by atoms with Crippen LogP contribution in [0, 0.1) is 10.8 Å². The minimum Gasteiger partial charge on any atom is -0.295 e. The van der Waals surface area contributed by atoms with Crippen molar-refractivity contribution in [2.24, 2.45) is 10.8 Å². The Hall–Kier alpha value is -3.52. The average molecular weight is 565 g/mol. The van der Waals surface area contributed by atoms with Gasteiger partial charge in [-0.15, -0.1) is 0 Å². The second-order valence-corrected chi connectivity index (χ2v) is 13.1. The first-order valence-electron chi connectivity index (χ1n) is 15.2. The zero-order chi connectivity index (χ0) is 31.5. The highest BCUT2D eigenvalue weighted by atomic mass is 16.1. The van der Waals surface area contributed by atoms with Gasteiger partial charge >= 0.3 is 0 Å². The highest BCUT2D eigenvalue weighted by Crippen LogP contribution is 2.40. The van der Waals surface area contributed by atoms with Crippen LogP contribution >= 0.6 is 0 Å². The minimum absolute atomic E-state index is 0.0404. The lowest BCUT2D eigenvalue weighted by molar-refractivity contribution is -0.117. The summed E-state index contributed by atoms with van der Waals surface area (Å²) in [5.41, 5.74) is 8.82. The van der Waals surface area contributed by atoms with Gasteiger partial charge in [0.25, 0.3) is 0 Å². The molecule has 0 aromatic carbocycles. The maximum absolute atomic E-state index is 12.2. The van der Waals surface area contributed by atoms with Gasteiger partial charge in [-0.25, -0.2) is 0 Å². The van der Waals surface area contributed by atoms with Crippen molar-refractivity contribution < 1.29 is 9.59 Å². The predicted molar refractivity (Wildman–Crippen MR) is 182 cm³/mol. The van der Waals surface area contributed by atoms with Gasteiger partial charge in [0.1, 0.15) is 0 Å². The molecule has 0 saturated heterocycles. The van der Waals surface area contributed by atoms with E-state index in [1.807, 2.05) is 13.8 Å². The molecule has 2 rings (SSSR count). The van der Waals surface area contributed by atoms with Crippen LogP contribution in [-0.4, -0.2) is 11.6 Å². The highest BCUT2D eigenvalue weighted by Gasteiger charge is 2.31. The predicted octanol–water partition coefficient (Wildman–Crippen LogP) is 11.0. The van der Waals surface area contributed by atoms with E-state index in [1.54, 1.807) is 0 Å². The summed E-state index contributed by atoms with van der Waals surface area (Å²) in [7, 11) is 0. The summed E-state index contributed by atoms with van der Waals surface area (Å²) >= 11 is 0. The Kier molecular flexibility index (Phi) is 12.9. The molecule has 0 saturated carbocycles. The maximum atomic E-state index is 12.2. The largest absolute Gasteiger partial charge is 0.295 e. The normalized spacial score (nSPS) is 21.6. The molecule has 2 heteroatoms. The fourth-order valence-electron chi connectivity index (χ4n) is 5.28. The molecule has 2 nitrogen and oxygen atoms in total. The van der Waals surface area contributed by atoms with E-state index < -0.39 is 0 Å². The van der Waals surface area contributed by atoms with Crippen LogP contribution in [0.15, 0.2) is 130 Å². The Morgan fingerprint density at radius 1 is 0.524 bits per heavy atom. The van der Waals surface area contributed by atoms with Crippen LogP contribution in [0.4, 0.5) is 0 Å². The van der Waals surface area contributed by atoms with Gasteiger partial charge in [0.05, 0.1) is 0 Å².